The first kappa shape index (κ1) is 42.6. The lowest BCUT2D eigenvalue weighted by molar-refractivity contribution is -0.139. The Kier molecular flexibility index (Phi) is 23.2. The molecular formula is C38H56N2O4S3. The third kappa shape index (κ3) is 16.0. The Morgan fingerprint density at radius 3 is 2.49 bits per heavy atom. The highest BCUT2D eigenvalue weighted by atomic mass is 32.2. The summed E-state index contributed by atoms with van der Waals surface area (Å²) in [4.78, 5) is 27.6. The zero-order chi connectivity index (χ0) is 35.0. The Bertz CT molecular complexity index is 1290. The van der Waals surface area contributed by atoms with Gasteiger partial charge in [-0.05, 0) is 90.5 Å². The third-order valence-corrected chi connectivity index (χ3v) is 9.17. The van der Waals surface area contributed by atoms with Crippen LogP contribution in [0.1, 0.15) is 61.5 Å². The number of carbonyl (C=O) groups excluding carboxylic acids is 1. The average Bonchev–Trinajstić information content (AvgIpc) is 3.34. The smallest absolute Gasteiger partial charge is 0.326 e. The first-order chi connectivity index (χ1) is 22.8. The van der Waals surface area contributed by atoms with Crippen molar-refractivity contribution < 1.29 is 19.4 Å². The normalized spacial score (nSPS) is 15.8. The highest BCUT2D eigenvalue weighted by Crippen LogP contribution is 2.31. The summed E-state index contributed by atoms with van der Waals surface area (Å²) < 4.78 is 4.25. The van der Waals surface area contributed by atoms with Crippen molar-refractivity contribution in [2.45, 2.75) is 64.8 Å². The van der Waals surface area contributed by atoms with Crippen LogP contribution in [0.25, 0.3) is 11.1 Å². The molecule has 47 heavy (non-hydrogen) atoms. The molecule has 260 valence electrons. The van der Waals surface area contributed by atoms with E-state index in [1.54, 1.807) is 26.0 Å². The molecule has 2 aliphatic rings. The number of likely N-dealkylation sites (tertiary alicyclic amines) is 1. The van der Waals surface area contributed by atoms with Gasteiger partial charge >= 0.3 is 5.97 Å². The number of nitrogens with zero attached hydrogens (tertiary/aromatic N) is 1. The Balaban J connectivity index is 0.00000126. The summed E-state index contributed by atoms with van der Waals surface area (Å²) in [6.45, 7) is 11.0. The van der Waals surface area contributed by atoms with Crippen LogP contribution in [0.3, 0.4) is 0 Å². The van der Waals surface area contributed by atoms with Crippen molar-refractivity contribution in [2.24, 2.45) is 0 Å². The molecule has 0 spiro atoms. The number of aliphatic carboxylic acids is 1. The standard InChI is InChI=1S/C32H38N2O3S2.C2H6O.C2H6S.C2H6/c1-23-9-7-8-12-27(23)29-19-25(13-14-28(29)31(35)33-30(32(36)37)16-18-38-2)20-34-17-15-26(21-34)39-22-24-10-5-3-4-6-11-24;1-3-2;1-2-3;1-2/h3-5,7-14,19,26,30H,6,15-18,20-22H2,1-2H3,(H,33,35)(H,36,37);1-2H3;3H,2H2,1H3;1-2H3. The predicted octanol–water partition coefficient (Wildman–Crippen LogP) is 8.57. The van der Waals surface area contributed by atoms with Crippen molar-refractivity contribution in [3.8, 4) is 11.1 Å². The second kappa shape index (κ2) is 25.6. The zero-order valence-corrected chi connectivity index (χ0v) is 31.9. The molecule has 1 amide bonds. The minimum Gasteiger partial charge on any atom is -0.480 e. The van der Waals surface area contributed by atoms with Crippen LogP contribution in [-0.4, -0.2) is 84.0 Å². The summed E-state index contributed by atoms with van der Waals surface area (Å²) in [5.74, 6) is 1.31. The molecule has 1 heterocycles. The van der Waals surface area contributed by atoms with E-state index in [4.69, 9.17) is 0 Å². The van der Waals surface area contributed by atoms with Crippen molar-refractivity contribution in [3.63, 3.8) is 0 Å². The summed E-state index contributed by atoms with van der Waals surface area (Å²) >= 11 is 7.40. The van der Waals surface area contributed by atoms with E-state index in [2.05, 4.69) is 64.0 Å². The number of carboxylic acid groups (broad SMARTS) is 1. The van der Waals surface area contributed by atoms with E-state index in [0.29, 0.717) is 23.0 Å². The van der Waals surface area contributed by atoms with E-state index in [9.17, 15) is 14.7 Å². The van der Waals surface area contributed by atoms with E-state index in [1.807, 2.05) is 82.1 Å². The molecule has 4 rings (SSSR count). The summed E-state index contributed by atoms with van der Waals surface area (Å²) in [7, 11) is 3.25. The number of rotatable bonds is 12. The van der Waals surface area contributed by atoms with E-state index < -0.39 is 12.0 Å². The van der Waals surface area contributed by atoms with Gasteiger partial charge in [0, 0.05) is 43.9 Å². The Labute approximate surface area is 298 Å². The fourth-order valence-electron chi connectivity index (χ4n) is 4.99. The molecular weight excluding hydrogens is 645 g/mol. The minimum atomic E-state index is -1.00. The van der Waals surface area contributed by atoms with Gasteiger partial charge in [0.2, 0.25) is 0 Å². The van der Waals surface area contributed by atoms with Crippen molar-refractivity contribution in [2.75, 3.05) is 50.8 Å². The number of hydrogen-bond donors (Lipinski definition) is 3. The maximum atomic E-state index is 13.3. The monoisotopic (exact) mass is 700 g/mol. The van der Waals surface area contributed by atoms with Gasteiger partial charge in [-0.25, -0.2) is 4.79 Å². The summed E-state index contributed by atoms with van der Waals surface area (Å²) in [5, 5.41) is 13.0. The van der Waals surface area contributed by atoms with Crippen LogP contribution >= 0.6 is 36.2 Å². The number of ether oxygens (including phenoxy) is 1. The number of allylic oxidation sites excluding steroid dienone is 5. The number of thioether (sulfide) groups is 2. The van der Waals surface area contributed by atoms with Crippen LogP contribution in [0, 0.1) is 6.92 Å². The second-order valence-electron chi connectivity index (χ2n) is 10.8. The Hall–Kier alpha value is -2.43. The lowest BCUT2D eigenvalue weighted by Gasteiger charge is -2.20. The van der Waals surface area contributed by atoms with Gasteiger partial charge in [0.15, 0.2) is 0 Å². The largest absolute Gasteiger partial charge is 0.480 e. The van der Waals surface area contributed by atoms with Gasteiger partial charge in [-0.1, -0.05) is 81.5 Å². The van der Waals surface area contributed by atoms with E-state index >= 15 is 0 Å². The number of methoxy groups -OCH3 is 1. The highest BCUT2D eigenvalue weighted by Gasteiger charge is 2.25. The number of amides is 1. The lowest BCUT2D eigenvalue weighted by atomic mass is 9.93. The molecule has 0 radical (unpaired) electrons. The Morgan fingerprint density at radius 2 is 1.83 bits per heavy atom. The molecule has 1 aliphatic heterocycles. The number of nitrogens with one attached hydrogen (secondary N) is 1. The van der Waals surface area contributed by atoms with E-state index in [-0.39, 0.29) is 5.91 Å². The van der Waals surface area contributed by atoms with Gasteiger partial charge < -0.3 is 15.2 Å². The van der Waals surface area contributed by atoms with Gasteiger partial charge in [-0.2, -0.15) is 36.2 Å². The molecule has 2 N–H and O–H groups in total. The van der Waals surface area contributed by atoms with Gasteiger partial charge in [0.25, 0.3) is 5.91 Å². The lowest BCUT2D eigenvalue weighted by Crippen LogP contribution is -2.41. The number of carboxylic acids is 1. The van der Waals surface area contributed by atoms with Gasteiger partial charge in [0.1, 0.15) is 6.04 Å². The van der Waals surface area contributed by atoms with Crippen LogP contribution in [0.5, 0.6) is 0 Å². The SMILES string of the molecule is CC.CCS.COC.CSCCC(NC(=O)c1ccc(CN2CCC(SCC3=CCC=CC=C3)C2)cc1-c1ccccc1C)C(=O)O. The maximum absolute atomic E-state index is 13.3. The summed E-state index contributed by atoms with van der Waals surface area (Å²) in [6, 6.07) is 13.1. The third-order valence-electron chi connectivity index (χ3n) is 7.17. The van der Waals surface area contributed by atoms with E-state index in [1.165, 1.54) is 12.0 Å². The van der Waals surface area contributed by atoms with Gasteiger partial charge in [-0.3, -0.25) is 9.69 Å². The van der Waals surface area contributed by atoms with E-state index in [0.717, 1.165) is 59.8 Å². The fourth-order valence-corrected chi connectivity index (χ4v) is 6.70. The van der Waals surface area contributed by atoms with Gasteiger partial charge in [0.05, 0.1) is 0 Å². The molecule has 2 aromatic carbocycles. The molecule has 1 aliphatic carbocycles. The average molecular weight is 701 g/mol. The zero-order valence-electron chi connectivity index (χ0n) is 29.3. The van der Waals surface area contributed by atoms with Crippen molar-refractivity contribution in [1.29, 1.82) is 0 Å². The Morgan fingerprint density at radius 1 is 1.13 bits per heavy atom. The summed E-state index contributed by atoms with van der Waals surface area (Å²) in [6.07, 6.45) is 15.5. The molecule has 2 aromatic rings. The number of benzene rings is 2. The van der Waals surface area contributed by atoms with Crippen molar-refractivity contribution in [1.82, 2.24) is 10.2 Å². The van der Waals surface area contributed by atoms with Crippen LogP contribution < -0.4 is 5.32 Å². The molecule has 1 saturated heterocycles. The molecule has 2 unspecified atom stereocenters. The highest BCUT2D eigenvalue weighted by molar-refractivity contribution is 8.00. The minimum absolute atomic E-state index is 0.344. The molecule has 6 nitrogen and oxygen atoms in total. The van der Waals surface area contributed by atoms with Gasteiger partial charge in [-0.15, -0.1) is 0 Å². The van der Waals surface area contributed by atoms with Crippen molar-refractivity contribution >= 4 is 48.0 Å². The first-order valence-corrected chi connectivity index (χ1v) is 19.4. The molecule has 1 fully saturated rings. The first-order valence-electron chi connectivity index (χ1n) is 16.4. The molecule has 9 heteroatoms. The number of thiol groups is 1. The molecule has 2 atom stereocenters. The van der Waals surface area contributed by atoms with Crippen LogP contribution in [0.4, 0.5) is 0 Å². The number of carbonyl (C=O) groups is 2. The maximum Gasteiger partial charge on any atom is 0.326 e. The van der Waals surface area contributed by atoms with Crippen LogP contribution in [0.2, 0.25) is 0 Å². The summed E-state index contributed by atoms with van der Waals surface area (Å²) in [5.41, 5.74) is 6.00. The van der Waals surface area contributed by atoms with Crippen molar-refractivity contribution in [3.05, 3.63) is 95.1 Å². The fraction of sp³-hybridized carbons (Fsp3) is 0.474. The number of aryl methyl sites for hydroxylation is 1. The van der Waals surface area contributed by atoms with Crippen LogP contribution in [-0.2, 0) is 16.1 Å². The second-order valence-corrected chi connectivity index (χ2v) is 13.7. The molecule has 0 saturated carbocycles. The van der Waals surface area contributed by atoms with Crippen LogP contribution in [0.15, 0.2) is 78.4 Å². The topological polar surface area (TPSA) is 78.9 Å². The molecule has 0 aromatic heterocycles. The number of hydrogen-bond acceptors (Lipinski definition) is 7. The molecule has 0 bridgehead atoms. The predicted molar refractivity (Wildman–Crippen MR) is 209 cm³/mol. The quantitative estimate of drug-likeness (QED) is 0.192.